The molecule has 2 amide bonds. The third-order valence-electron chi connectivity index (χ3n) is 6.40. The van der Waals surface area contributed by atoms with Crippen LogP contribution in [0.2, 0.25) is 0 Å². The summed E-state index contributed by atoms with van der Waals surface area (Å²) in [6, 6.07) is 3.18. The Morgan fingerprint density at radius 3 is 2.45 bits per heavy atom. The molecule has 1 unspecified atom stereocenters. The number of amides is 2. The number of rotatable bonds is 5. The van der Waals surface area contributed by atoms with Gasteiger partial charge in [-0.15, -0.1) is 11.3 Å². The summed E-state index contributed by atoms with van der Waals surface area (Å²) in [5, 5.41) is 12.1. The largest absolute Gasteiger partial charge is 0.396 e. The molecule has 2 aromatic rings. The molecule has 166 valence electrons. The molecule has 1 atom stereocenters. The van der Waals surface area contributed by atoms with Crippen molar-refractivity contribution in [2.24, 2.45) is 0 Å². The van der Waals surface area contributed by atoms with E-state index in [2.05, 4.69) is 16.1 Å². The number of nitrogens with one attached hydrogen (secondary N) is 2. The Morgan fingerprint density at radius 1 is 1.06 bits per heavy atom. The number of thiophene rings is 1. The number of anilines is 1. The van der Waals surface area contributed by atoms with E-state index in [1.54, 1.807) is 6.07 Å². The maximum absolute atomic E-state index is 12.9. The van der Waals surface area contributed by atoms with Crippen LogP contribution < -0.4 is 10.0 Å². The van der Waals surface area contributed by atoms with Gasteiger partial charge < -0.3 is 15.2 Å². The van der Waals surface area contributed by atoms with Crippen LogP contribution in [0.5, 0.6) is 0 Å². The lowest BCUT2D eigenvalue weighted by Crippen LogP contribution is -2.34. The molecule has 1 aromatic carbocycles. The zero-order chi connectivity index (χ0) is 21.6. The van der Waals surface area contributed by atoms with E-state index in [-0.39, 0.29) is 16.9 Å². The summed E-state index contributed by atoms with van der Waals surface area (Å²) in [7, 11) is -4.00. The Bertz CT molecular complexity index is 1110. The van der Waals surface area contributed by atoms with Gasteiger partial charge in [0, 0.05) is 23.6 Å². The van der Waals surface area contributed by atoms with Crippen LogP contribution in [-0.2, 0) is 46.9 Å². The maximum atomic E-state index is 12.9. The van der Waals surface area contributed by atoms with Crippen molar-refractivity contribution in [3.05, 3.63) is 44.8 Å². The average molecular weight is 463 g/mol. The number of aliphatic hydroxyl groups excluding tert-OH is 1. The molecule has 7 nitrogen and oxygen atoms in total. The van der Waals surface area contributed by atoms with Gasteiger partial charge in [-0.1, -0.05) is 6.07 Å². The van der Waals surface area contributed by atoms with Gasteiger partial charge in [0.25, 0.3) is 10.0 Å². The fourth-order valence-electron chi connectivity index (χ4n) is 5.01. The number of carbonyl (C=O) groups excluding carboxylic acids is 1. The second kappa shape index (κ2) is 8.20. The van der Waals surface area contributed by atoms with Gasteiger partial charge in [-0.3, -0.25) is 0 Å². The number of aryl methyl sites for hydroxylation is 2. The van der Waals surface area contributed by atoms with E-state index in [9.17, 15) is 18.3 Å². The lowest BCUT2D eigenvalue weighted by molar-refractivity contribution is 0.0282. The highest BCUT2D eigenvalue weighted by Crippen LogP contribution is 2.39. The molecular formula is C22H26N2O5S2. The van der Waals surface area contributed by atoms with Crippen molar-refractivity contribution in [1.82, 2.24) is 4.72 Å². The number of carbonyl (C=O) groups is 1. The summed E-state index contributed by atoms with van der Waals surface area (Å²) in [5.74, 6) is 0. The molecule has 5 rings (SSSR count). The van der Waals surface area contributed by atoms with Crippen LogP contribution in [0.25, 0.3) is 0 Å². The van der Waals surface area contributed by atoms with Crippen molar-refractivity contribution in [2.75, 3.05) is 18.5 Å². The SMILES string of the molecule is O=C(Nc1c2c(cc3c1CCC3)CCC2)NS(=O)(=O)c1cc2c(s1)C(CCO)OCC2. The van der Waals surface area contributed by atoms with E-state index < -0.39 is 16.1 Å². The molecule has 0 saturated carbocycles. The van der Waals surface area contributed by atoms with Gasteiger partial charge in [0.05, 0.1) is 12.7 Å². The molecule has 1 aliphatic heterocycles. The van der Waals surface area contributed by atoms with Crippen molar-refractivity contribution in [1.29, 1.82) is 0 Å². The molecule has 2 heterocycles. The summed E-state index contributed by atoms with van der Waals surface area (Å²) < 4.78 is 33.8. The molecule has 0 fully saturated rings. The topological polar surface area (TPSA) is 105 Å². The van der Waals surface area contributed by atoms with E-state index >= 15 is 0 Å². The minimum atomic E-state index is -4.00. The van der Waals surface area contributed by atoms with Gasteiger partial charge in [-0.25, -0.2) is 17.9 Å². The van der Waals surface area contributed by atoms with Gasteiger partial charge in [0.2, 0.25) is 0 Å². The van der Waals surface area contributed by atoms with Gasteiger partial charge >= 0.3 is 6.03 Å². The fourth-order valence-corrected chi connectivity index (χ4v) is 7.57. The van der Waals surface area contributed by atoms with E-state index in [1.165, 1.54) is 11.1 Å². The van der Waals surface area contributed by atoms with Crippen LogP contribution in [0.15, 0.2) is 16.3 Å². The monoisotopic (exact) mass is 462 g/mol. The first-order valence-corrected chi connectivity index (χ1v) is 13.1. The lowest BCUT2D eigenvalue weighted by atomic mass is 9.99. The van der Waals surface area contributed by atoms with Crippen LogP contribution in [0, 0.1) is 0 Å². The molecule has 0 spiro atoms. The molecule has 31 heavy (non-hydrogen) atoms. The predicted octanol–water partition coefficient (Wildman–Crippen LogP) is 3.23. The molecule has 3 N–H and O–H groups in total. The van der Waals surface area contributed by atoms with E-state index in [4.69, 9.17) is 4.74 Å². The number of fused-ring (bicyclic) bond motifs is 3. The van der Waals surface area contributed by atoms with Gasteiger partial charge in [-0.05, 0) is 78.8 Å². The molecule has 0 bridgehead atoms. The van der Waals surface area contributed by atoms with Crippen molar-refractivity contribution < 1.29 is 23.1 Å². The average Bonchev–Trinajstić information content (AvgIpc) is 3.46. The van der Waals surface area contributed by atoms with Gasteiger partial charge in [-0.2, -0.15) is 0 Å². The number of hydrogen-bond donors (Lipinski definition) is 3. The second-order valence-corrected chi connectivity index (χ2v) is 11.4. The first-order valence-electron chi connectivity index (χ1n) is 10.8. The normalized spacial score (nSPS) is 19.6. The maximum Gasteiger partial charge on any atom is 0.333 e. The third-order valence-corrected chi connectivity index (χ3v) is 9.47. The second-order valence-electron chi connectivity index (χ2n) is 8.37. The Balaban J connectivity index is 1.37. The van der Waals surface area contributed by atoms with Crippen molar-refractivity contribution in [2.45, 2.75) is 61.7 Å². The minimum absolute atomic E-state index is 0.0313. The van der Waals surface area contributed by atoms with Crippen LogP contribution in [-0.4, -0.2) is 32.8 Å². The number of ether oxygens (including phenoxy) is 1. The zero-order valence-electron chi connectivity index (χ0n) is 17.2. The Labute approximate surface area is 185 Å². The van der Waals surface area contributed by atoms with Crippen LogP contribution in [0.3, 0.4) is 0 Å². The molecular weight excluding hydrogens is 436 g/mol. The van der Waals surface area contributed by atoms with E-state index in [0.29, 0.717) is 19.4 Å². The van der Waals surface area contributed by atoms with E-state index in [0.717, 1.165) is 77.1 Å². The number of urea groups is 1. The first kappa shape index (κ1) is 20.9. The van der Waals surface area contributed by atoms with Crippen LogP contribution in [0.1, 0.15) is 58.1 Å². The van der Waals surface area contributed by atoms with Crippen LogP contribution in [0.4, 0.5) is 10.5 Å². The molecule has 1 aromatic heterocycles. The first-order chi connectivity index (χ1) is 15.0. The lowest BCUT2D eigenvalue weighted by Gasteiger charge is -2.22. The van der Waals surface area contributed by atoms with Gasteiger partial charge in [0.15, 0.2) is 0 Å². The fraction of sp³-hybridized carbons (Fsp3) is 0.500. The van der Waals surface area contributed by atoms with E-state index in [1.807, 2.05) is 0 Å². The molecule has 3 aliphatic rings. The number of benzene rings is 1. The molecule has 2 aliphatic carbocycles. The Hall–Kier alpha value is -1.94. The number of aliphatic hydroxyl groups is 1. The molecule has 9 heteroatoms. The summed E-state index contributed by atoms with van der Waals surface area (Å²) in [6.45, 7) is 0.461. The summed E-state index contributed by atoms with van der Waals surface area (Å²) in [6.07, 6.45) is 6.71. The number of sulfonamides is 1. The molecule has 0 saturated heterocycles. The summed E-state index contributed by atoms with van der Waals surface area (Å²) >= 11 is 1.11. The Morgan fingerprint density at radius 2 is 1.77 bits per heavy atom. The zero-order valence-corrected chi connectivity index (χ0v) is 18.8. The minimum Gasteiger partial charge on any atom is -0.396 e. The quantitative estimate of drug-likeness (QED) is 0.633. The highest BCUT2D eigenvalue weighted by molar-refractivity contribution is 7.92. The summed E-state index contributed by atoms with van der Waals surface area (Å²) in [5.41, 5.74) is 6.60. The highest BCUT2D eigenvalue weighted by Gasteiger charge is 2.30. The van der Waals surface area contributed by atoms with Crippen molar-refractivity contribution in [3.8, 4) is 0 Å². The van der Waals surface area contributed by atoms with Crippen molar-refractivity contribution in [3.63, 3.8) is 0 Å². The molecule has 0 radical (unpaired) electrons. The number of hydrogen-bond acceptors (Lipinski definition) is 6. The standard InChI is InChI=1S/C22H26N2O5S2/c25-9-7-18-21-15(8-10-29-18)12-19(30-21)31(27,28)24-22(26)23-20-16-5-1-3-13(16)11-14-4-2-6-17(14)20/h11-12,18,25H,1-10H2,(H2,23,24,26). The van der Waals surface area contributed by atoms with Crippen molar-refractivity contribution >= 4 is 33.1 Å². The smallest absolute Gasteiger partial charge is 0.333 e. The van der Waals surface area contributed by atoms with Crippen LogP contribution >= 0.6 is 11.3 Å². The summed E-state index contributed by atoms with van der Waals surface area (Å²) in [4.78, 5) is 13.6. The predicted molar refractivity (Wildman–Crippen MR) is 118 cm³/mol. The third kappa shape index (κ3) is 3.88. The Kier molecular flexibility index (Phi) is 5.54. The van der Waals surface area contributed by atoms with Gasteiger partial charge in [0.1, 0.15) is 4.21 Å². The highest BCUT2D eigenvalue weighted by atomic mass is 32.2.